The lowest BCUT2D eigenvalue weighted by Gasteiger charge is -2.18. The van der Waals surface area contributed by atoms with Crippen LogP contribution in [-0.4, -0.2) is 15.3 Å². The first-order valence-electron chi connectivity index (χ1n) is 6.91. The van der Waals surface area contributed by atoms with Gasteiger partial charge in [0, 0.05) is 11.6 Å². The molecule has 2 heterocycles. The Hall–Kier alpha value is -3.52. The summed E-state index contributed by atoms with van der Waals surface area (Å²) in [6, 6.07) is 15.6. The molecule has 0 radical (unpaired) electrons. The number of rotatable bonds is 0. The number of benzene rings is 2. The predicted molar refractivity (Wildman–Crippen MR) is 82.7 cm³/mol. The Morgan fingerprint density at radius 1 is 0.783 bits per heavy atom. The Balaban J connectivity index is 1.63. The average Bonchev–Trinajstić information content (AvgIpc) is 2.59. The molecule has 4 rings (SSSR count). The van der Waals surface area contributed by atoms with Gasteiger partial charge in [0.15, 0.2) is 17.2 Å². The van der Waals surface area contributed by atoms with Crippen LogP contribution in [-0.2, 0) is 0 Å². The number of ether oxygens (including phenoxy) is 2. The van der Waals surface area contributed by atoms with Crippen molar-refractivity contribution >= 4 is 0 Å². The third-order valence-corrected chi connectivity index (χ3v) is 3.21. The van der Waals surface area contributed by atoms with Crippen molar-refractivity contribution in [1.82, 2.24) is 10.2 Å². The summed E-state index contributed by atoms with van der Waals surface area (Å²) in [5.41, 5.74) is 1.24. The molecule has 0 bridgehead atoms. The van der Waals surface area contributed by atoms with Crippen LogP contribution in [0.3, 0.4) is 0 Å². The second kappa shape index (κ2) is 5.35. The van der Waals surface area contributed by atoms with E-state index in [0.717, 1.165) is 5.56 Å². The van der Waals surface area contributed by atoms with Gasteiger partial charge in [-0.15, -0.1) is 10.2 Å². The van der Waals surface area contributed by atoms with E-state index in [0.29, 0.717) is 28.8 Å². The Kier molecular flexibility index (Phi) is 3.06. The van der Waals surface area contributed by atoms with Crippen LogP contribution in [0.15, 0.2) is 54.6 Å². The normalized spacial score (nSPS) is 11.1. The van der Waals surface area contributed by atoms with E-state index in [9.17, 15) is 5.11 Å². The highest BCUT2D eigenvalue weighted by molar-refractivity contribution is 5.53. The Morgan fingerprint density at radius 2 is 1.52 bits per heavy atom. The lowest BCUT2D eigenvalue weighted by molar-refractivity contribution is 0.343. The first-order chi connectivity index (χ1) is 11.3. The zero-order valence-corrected chi connectivity index (χ0v) is 11.9. The number of hydrogen-bond donors (Lipinski definition) is 1. The highest BCUT2D eigenvalue weighted by atomic mass is 16.6. The smallest absolute Gasteiger partial charge is 0.282 e. The molecule has 0 fully saturated rings. The van der Waals surface area contributed by atoms with Crippen molar-refractivity contribution in [2.45, 2.75) is 0 Å². The van der Waals surface area contributed by atoms with Crippen LogP contribution in [0.5, 0.6) is 28.9 Å². The molecule has 1 aliphatic heterocycles. The lowest BCUT2D eigenvalue weighted by Crippen LogP contribution is -2.02. The summed E-state index contributed by atoms with van der Waals surface area (Å²) < 4.78 is 11.4. The predicted octanol–water partition coefficient (Wildman–Crippen LogP) is 3.48. The van der Waals surface area contributed by atoms with Gasteiger partial charge in [-0.3, -0.25) is 0 Å². The van der Waals surface area contributed by atoms with E-state index in [1.54, 1.807) is 36.4 Å². The molecular weight excluding hydrogens is 292 g/mol. The van der Waals surface area contributed by atoms with Crippen LogP contribution < -0.4 is 9.47 Å². The third-order valence-electron chi connectivity index (χ3n) is 3.21. The number of aromatic hydroxyl groups is 1. The number of fused-ring (bicyclic) bond motifs is 2. The van der Waals surface area contributed by atoms with Crippen LogP contribution >= 0.6 is 0 Å². The molecule has 0 aliphatic carbocycles. The highest BCUT2D eigenvalue weighted by Gasteiger charge is 2.20. The largest absolute Gasteiger partial charge is 0.508 e. The van der Waals surface area contributed by atoms with E-state index in [2.05, 4.69) is 22.0 Å². The van der Waals surface area contributed by atoms with Crippen molar-refractivity contribution in [2.24, 2.45) is 0 Å². The summed E-state index contributed by atoms with van der Waals surface area (Å²) in [7, 11) is 0. The van der Waals surface area contributed by atoms with E-state index in [1.165, 1.54) is 0 Å². The SMILES string of the molecule is Oc1ccc(C#Cc2cc3c(nn2)Oc2ccccc2O3)cc1. The second-order valence-corrected chi connectivity index (χ2v) is 4.85. The zero-order valence-electron chi connectivity index (χ0n) is 11.9. The van der Waals surface area contributed by atoms with Gasteiger partial charge >= 0.3 is 0 Å². The fourth-order valence-electron chi connectivity index (χ4n) is 2.09. The van der Waals surface area contributed by atoms with Gasteiger partial charge in [0.05, 0.1) is 0 Å². The molecule has 5 nitrogen and oxygen atoms in total. The van der Waals surface area contributed by atoms with Crippen LogP contribution in [0.25, 0.3) is 0 Å². The fraction of sp³-hybridized carbons (Fsp3) is 0. The number of aromatic nitrogens is 2. The minimum Gasteiger partial charge on any atom is -0.508 e. The van der Waals surface area contributed by atoms with Crippen molar-refractivity contribution in [3.05, 3.63) is 65.9 Å². The highest BCUT2D eigenvalue weighted by Crippen LogP contribution is 2.43. The second-order valence-electron chi connectivity index (χ2n) is 4.85. The minimum atomic E-state index is 0.202. The monoisotopic (exact) mass is 302 g/mol. The molecule has 3 aromatic rings. The molecule has 2 aromatic carbocycles. The Morgan fingerprint density at radius 3 is 2.30 bits per heavy atom. The van der Waals surface area contributed by atoms with Gasteiger partial charge in [0.1, 0.15) is 11.4 Å². The van der Waals surface area contributed by atoms with Crippen molar-refractivity contribution in [3.63, 3.8) is 0 Å². The maximum Gasteiger partial charge on any atom is 0.282 e. The molecule has 0 saturated carbocycles. The molecule has 0 saturated heterocycles. The van der Waals surface area contributed by atoms with E-state index < -0.39 is 0 Å². The molecule has 1 aliphatic rings. The van der Waals surface area contributed by atoms with E-state index in [1.807, 2.05) is 18.2 Å². The van der Waals surface area contributed by atoms with Crippen LogP contribution in [0, 0.1) is 11.8 Å². The van der Waals surface area contributed by atoms with Crippen molar-refractivity contribution in [2.75, 3.05) is 0 Å². The van der Waals surface area contributed by atoms with E-state index >= 15 is 0 Å². The third kappa shape index (κ3) is 2.65. The maximum absolute atomic E-state index is 9.25. The summed E-state index contributed by atoms with van der Waals surface area (Å²) in [4.78, 5) is 0. The van der Waals surface area contributed by atoms with Crippen LogP contribution in [0.4, 0.5) is 0 Å². The number of phenols is 1. The van der Waals surface area contributed by atoms with Gasteiger partial charge in [-0.2, -0.15) is 0 Å². The zero-order chi connectivity index (χ0) is 15.6. The summed E-state index contributed by atoms with van der Waals surface area (Å²) in [6.07, 6.45) is 0. The number of phenolic OH excluding ortho intramolecular Hbond substituents is 1. The Bertz CT molecular complexity index is 940. The summed E-state index contributed by atoms with van der Waals surface area (Å²) in [5.74, 6) is 8.11. The van der Waals surface area contributed by atoms with Gasteiger partial charge in [-0.05, 0) is 42.3 Å². The number of para-hydroxylation sites is 2. The summed E-state index contributed by atoms with van der Waals surface area (Å²) in [5, 5.41) is 17.3. The summed E-state index contributed by atoms with van der Waals surface area (Å²) in [6.45, 7) is 0. The molecule has 0 spiro atoms. The maximum atomic E-state index is 9.25. The molecule has 1 aromatic heterocycles. The minimum absolute atomic E-state index is 0.202. The number of nitrogens with zero attached hydrogens (tertiary/aromatic N) is 2. The van der Waals surface area contributed by atoms with Gasteiger partial charge < -0.3 is 14.6 Å². The molecule has 0 amide bonds. The molecule has 110 valence electrons. The summed E-state index contributed by atoms with van der Waals surface area (Å²) >= 11 is 0. The molecule has 0 unspecified atom stereocenters. The Labute approximate surface area is 132 Å². The van der Waals surface area contributed by atoms with Crippen molar-refractivity contribution < 1.29 is 14.6 Å². The van der Waals surface area contributed by atoms with Gasteiger partial charge in [0.25, 0.3) is 5.88 Å². The van der Waals surface area contributed by atoms with E-state index in [-0.39, 0.29) is 5.75 Å². The van der Waals surface area contributed by atoms with E-state index in [4.69, 9.17) is 9.47 Å². The van der Waals surface area contributed by atoms with Crippen molar-refractivity contribution in [1.29, 1.82) is 0 Å². The first-order valence-corrected chi connectivity index (χ1v) is 6.91. The molecular formula is C18H10N2O3. The lowest BCUT2D eigenvalue weighted by atomic mass is 10.2. The van der Waals surface area contributed by atoms with Crippen molar-refractivity contribution in [3.8, 4) is 40.7 Å². The van der Waals surface area contributed by atoms with Gasteiger partial charge in [0.2, 0.25) is 0 Å². The average molecular weight is 302 g/mol. The van der Waals surface area contributed by atoms with Crippen LogP contribution in [0.2, 0.25) is 0 Å². The quantitative estimate of drug-likeness (QED) is 0.504. The molecule has 1 N–H and O–H groups in total. The number of hydrogen-bond acceptors (Lipinski definition) is 5. The standard InChI is InChI=1S/C18H10N2O3/c21-14-9-6-12(7-10-14)5-8-13-11-17-18(20-19-13)23-16-4-2-1-3-15(16)22-17/h1-4,6-7,9-11,21H. The van der Waals surface area contributed by atoms with Crippen LogP contribution in [0.1, 0.15) is 11.3 Å². The van der Waals surface area contributed by atoms with Gasteiger partial charge in [-0.1, -0.05) is 18.1 Å². The fourth-order valence-corrected chi connectivity index (χ4v) is 2.09. The topological polar surface area (TPSA) is 64.5 Å². The van der Waals surface area contributed by atoms with Gasteiger partial charge in [-0.25, -0.2) is 0 Å². The molecule has 23 heavy (non-hydrogen) atoms. The molecule has 5 heteroatoms. The molecule has 0 atom stereocenters. The first kappa shape index (κ1) is 13.2.